The number of ether oxygens (including phenoxy) is 4. The first-order valence-corrected chi connectivity index (χ1v) is 10.6. The average molecular weight is 498 g/mol. The highest BCUT2D eigenvalue weighted by Crippen LogP contribution is 2.28. The Morgan fingerprint density at radius 2 is 1.17 bits per heavy atom. The molecule has 0 saturated heterocycles. The van der Waals surface area contributed by atoms with Gasteiger partial charge in [0.2, 0.25) is 12.2 Å². The molecule has 2 atom stereocenters. The Morgan fingerprint density at radius 3 is 1.61 bits per heavy atom. The summed E-state index contributed by atoms with van der Waals surface area (Å²) in [5.74, 6) is -5.04. The van der Waals surface area contributed by atoms with E-state index in [0.29, 0.717) is 22.6 Å². The zero-order valence-corrected chi connectivity index (χ0v) is 20.1. The first kappa shape index (κ1) is 27.6. The van der Waals surface area contributed by atoms with Crippen molar-refractivity contribution in [2.75, 3.05) is 14.2 Å². The van der Waals surface area contributed by atoms with E-state index < -0.39 is 36.1 Å². The summed E-state index contributed by atoms with van der Waals surface area (Å²) in [6.45, 7) is 3.81. The summed E-state index contributed by atoms with van der Waals surface area (Å²) in [5, 5.41) is 18.8. The lowest BCUT2D eigenvalue weighted by atomic mass is 10.1. The Morgan fingerprint density at radius 1 is 0.694 bits per heavy atom. The second-order valence-electron chi connectivity index (χ2n) is 7.52. The van der Waals surface area contributed by atoms with Gasteiger partial charge in [-0.2, -0.15) is 0 Å². The van der Waals surface area contributed by atoms with Crippen molar-refractivity contribution in [3.05, 3.63) is 70.8 Å². The van der Waals surface area contributed by atoms with Crippen LogP contribution in [-0.4, -0.2) is 60.5 Å². The summed E-state index contributed by atoms with van der Waals surface area (Å²) in [6.07, 6.45) is -0.0182. The van der Waals surface area contributed by atoms with Gasteiger partial charge in [-0.1, -0.05) is 24.3 Å². The van der Waals surface area contributed by atoms with Crippen LogP contribution in [0.1, 0.15) is 22.3 Å². The monoisotopic (exact) mass is 498 g/mol. The van der Waals surface area contributed by atoms with Crippen LogP contribution in [0, 0.1) is 13.8 Å². The number of aliphatic carboxylic acids is 2. The largest absolute Gasteiger partial charge is 0.493 e. The van der Waals surface area contributed by atoms with E-state index in [4.69, 9.17) is 18.9 Å². The molecule has 0 amide bonds. The van der Waals surface area contributed by atoms with E-state index in [1.807, 2.05) is 19.9 Å². The molecule has 2 N–H and O–H groups in total. The number of benzene rings is 2. The van der Waals surface area contributed by atoms with E-state index in [0.717, 1.165) is 23.3 Å². The molecule has 2 aromatic rings. The molecule has 0 radical (unpaired) electrons. The molecule has 36 heavy (non-hydrogen) atoms. The van der Waals surface area contributed by atoms with Crippen LogP contribution in [0.15, 0.2) is 48.6 Å². The van der Waals surface area contributed by atoms with Crippen molar-refractivity contribution < 1.29 is 48.3 Å². The molecule has 2 rings (SSSR count). The lowest BCUT2D eigenvalue weighted by molar-refractivity contribution is -0.183. The van der Waals surface area contributed by atoms with Crippen molar-refractivity contribution >= 4 is 36.0 Å². The summed E-state index contributed by atoms with van der Waals surface area (Å²) in [5.41, 5.74) is 3.18. The molecular weight excluding hydrogens is 472 g/mol. The minimum absolute atomic E-state index is 0.392. The van der Waals surface area contributed by atoms with Gasteiger partial charge in [0.1, 0.15) is 0 Å². The van der Waals surface area contributed by atoms with Gasteiger partial charge >= 0.3 is 23.9 Å². The molecular formula is C26H26O10. The molecule has 190 valence electrons. The van der Waals surface area contributed by atoms with Gasteiger partial charge in [0, 0.05) is 12.2 Å². The Hall–Kier alpha value is -4.60. The van der Waals surface area contributed by atoms with Gasteiger partial charge in [-0.15, -0.1) is 0 Å². The Kier molecular flexibility index (Phi) is 9.79. The molecule has 2 unspecified atom stereocenters. The highest BCUT2D eigenvalue weighted by atomic mass is 16.6. The molecule has 0 spiro atoms. The number of rotatable bonds is 11. The number of aryl methyl sites for hydroxylation is 2. The normalized spacial score (nSPS) is 12.7. The van der Waals surface area contributed by atoms with Crippen molar-refractivity contribution in [3.63, 3.8) is 0 Å². The number of carbonyl (C=O) groups excluding carboxylic acids is 2. The third kappa shape index (κ3) is 7.73. The van der Waals surface area contributed by atoms with Gasteiger partial charge in [-0.05, 0) is 60.4 Å². The third-order valence-electron chi connectivity index (χ3n) is 5.01. The van der Waals surface area contributed by atoms with Crippen molar-refractivity contribution in [2.45, 2.75) is 26.1 Å². The van der Waals surface area contributed by atoms with Crippen LogP contribution in [0.5, 0.6) is 11.5 Å². The molecule has 0 fully saturated rings. The Labute approximate surface area is 207 Å². The van der Waals surface area contributed by atoms with Crippen LogP contribution in [0.25, 0.3) is 12.2 Å². The fourth-order valence-corrected chi connectivity index (χ4v) is 2.97. The van der Waals surface area contributed by atoms with Crippen LogP contribution < -0.4 is 9.47 Å². The third-order valence-corrected chi connectivity index (χ3v) is 5.01. The second-order valence-corrected chi connectivity index (χ2v) is 7.52. The Bertz CT molecular complexity index is 1200. The zero-order chi connectivity index (χ0) is 26.8. The average Bonchev–Trinajstić information content (AvgIpc) is 2.84. The number of carboxylic acids is 2. The van der Waals surface area contributed by atoms with E-state index in [9.17, 15) is 29.4 Å². The predicted octanol–water partition coefficient (Wildman–Crippen LogP) is 3.04. The van der Waals surface area contributed by atoms with Crippen molar-refractivity contribution in [3.8, 4) is 11.5 Å². The van der Waals surface area contributed by atoms with Crippen molar-refractivity contribution in [1.29, 1.82) is 0 Å². The highest BCUT2D eigenvalue weighted by molar-refractivity contribution is 5.93. The molecule has 0 aliphatic heterocycles. The topological polar surface area (TPSA) is 146 Å². The first-order valence-electron chi connectivity index (χ1n) is 10.6. The smallest absolute Gasteiger partial charge is 0.349 e. The minimum atomic E-state index is -2.29. The highest BCUT2D eigenvalue weighted by Gasteiger charge is 2.40. The van der Waals surface area contributed by atoms with Crippen LogP contribution in [0.2, 0.25) is 0 Å². The van der Waals surface area contributed by atoms with Crippen LogP contribution in [0.4, 0.5) is 0 Å². The molecule has 0 aliphatic carbocycles. The van der Waals surface area contributed by atoms with Gasteiger partial charge in [0.15, 0.2) is 11.5 Å². The SMILES string of the molecule is COc1ccc(/C=C/C(=O)OC(C(=O)O)C(OC(=O)/C=C/c2ccc(C)c(C)c2)C(=O)O)cc1OC. The lowest BCUT2D eigenvalue weighted by Crippen LogP contribution is -2.45. The molecule has 0 saturated carbocycles. The standard InChI is InChI=1S/C26H26O10/c1-15-5-6-17(13-16(15)2)8-11-21(27)35-23(25(29)30)24(26(31)32)36-22(28)12-9-18-7-10-19(33-3)20(14-18)34-4/h5-14,23-24H,1-4H3,(H,29,30)(H,31,32)/b11-8+,12-9+. The summed E-state index contributed by atoms with van der Waals surface area (Å²) >= 11 is 0. The molecule has 10 nitrogen and oxygen atoms in total. The second kappa shape index (κ2) is 12.7. The van der Waals surface area contributed by atoms with Crippen LogP contribution >= 0.6 is 0 Å². The number of carbonyl (C=O) groups is 4. The summed E-state index contributed by atoms with van der Waals surface area (Å²) in [7, 11) is 2.89. The number of methoxy groups -OCH3 is 2. The molecule has 0 aliphatic rings. The maximum absolute atomic E-state index is 12.2. The van der Waals surface area contributed by atoms with E-state index in [1.165, 1.54) is 26.4 Å². The zero-order valence-electron chi connectivity index (χ0n) is 20.1. The molecule has 0 heterocycles. The van der Waals surface area contributed by atoms with Gasteiger partial charge in [0.25, 0.3) is 0 Å². The number of esters is 2. The summed E-state index contributed by atoms with van der Waals surface area (Å²) in [6, 6.07) is 10.1. The minimum Gasteiger partial charge on any atom is -0.493 e. The number of hydrogen-bond donors (Lipinski definition) is 2. The fraction of sp³-hybridized carbons (Fsp3) is 0.231. The molecule has 0 aromatic heterocycles. The van der Waals surface area contributed by atoms with Crippen LogP contribution in [0.3, 0.4) is 0 Å². The first-order chi connectivity index (χ1) is 17.0. The van der Waals surface area contributed by atoms with Gasteiger partial charge in [0.05, 0.1) is 14.2 Å². The molecule has 0 bridgehead atoms. The van der Waals surface area contributed by atoms with E-state index in [1.54, 1.807) is 30.3 Å². The predicted molar refractivity (Wildman–Crippen MR) is 129 cm³/mol. The number of hydrogen-bond acceptors (Lipinski definition) is 8. The van der Waals surface area contributed by atoms with E-state index >= 15 is 0 Å². The van der Waals surface area contributed by atoms with E-state index in [2.05, 4.69) is 0 Å². The molecule has 2 aromatic carbocycles. The fourth-order valence-electron chi connectivity index (χ4n) is 2.97. The van der Waals surface area contributed by atoms with Gasteiger partial charge in [-0.3, -0.25) is 0 Å². The van der Waals surface area contributed by atoms with Crippen molar-refractivity contribution in [1.82, 2.24) is 0 Å². The summed E-state index contributed by atoms with van der Waals surface area (Å²) < 4.78 is 19.9. The van der Waals surface area contributed by atoms with Crippen LogP contribution in [-0.2, 0) is 28.7 Å². The van der Waals surface area contributed by atoms with Gasteiger partial charge in [-0.25, -0.2) is 19.2 Å². The maximum Gasteiger partial charge on any atom is 0.349 e. The van der Waals surface area contributed by atoms with Gasteiger partial charge < -0.3 is 29.2 Å². The maximum atomic E-state index is 12.2. The van der Waals surface area contributed by atoms with E-state index in [-0.39, 0.29) is 0 Å². The quantitative estimate of drug-likeness (QED) is 0.350. The molecule has 10 heteroatoms. The van der Waals surface area contributed by atoms with Crippen molar-refractivity contribution in [2.24, 2.45) is 0 Å². The Balaban J connectivity index is 2.12. The lowest BCUT2D eigenvalue weighted by Gasteiger charge is -2.19. The number of carboxylic acid groups (broad SMARTS) is 2. The summed E-state index contributed by atoms with van der Waals surface area (Å²) in [4.78, 5) is 47.7.